The van der Waals surface area contributed by atoms with Crippen LogP contribution in [0.5, 0.6) is 0 Å². The van der Waals surface area contributed by atoms with Crippen LogP contribution in [-0.4, -0.2) is 29.5 Å². The van der Waals surface area contributed by atoms with Gasteiger partial charge in [0.05, 0.1) is 12.6 Å². The SMILES string of the molecule is Cc1ccc(C(C)C)cc1NC(CO)CCO. The minimum absolute atomic E-state index is 0.0336. The highest BCUT2D eigenvalue weighted by atomic mass is 16.3. The summed E-state index contributed by atoms with van der Waals surface area (Å²) in [6, 6.07) is 6.26. The van der Waals surface area contributed by atoms with Crippen molar-refractivity contribution in [1.82, 2.24) is 0 Å². The van der Waals surface area contributed by atoms with E-state index in [0.29, 0.717) is 12.3 Å². The average molecular weight is 237 g/mol. The second kappa shape index (κ2) is 6.62. The van der Waals surface area contributed by atoms with Crippen LogP contribution in [-0.2, 0) is 0 Å². The second-order valence-electron chi connectivity index (χ2n) is 4.77. The van der Waals surface area contributed by atoms with Gasteiger partial charge in [0, 0.05) is 12.3 Å². The first-order chi connectivity index (χ1) is 8.08. The zero-order valence-electron chi connectivity index (χ0n) is 10.9. The molecule has 0 bridgehead atoms. The quantitative estimate of drug-likeness (QED) is 0.711. The molecule has 0 aromatic heterocycles. The molecular weight excluding hydrogens is 214 g/mol. The van der Waals surface area contributed by atoms with Gasteiger partial charge in [-0.05, 0) is 36.5 Å². The van der Waals surface area contributed by atoms with Crippen molar-refractivity contribution in [1.29, 1.82) is 0 Å². The van der Waals surface area contributed by atoms with Crippen molar-refractivity contribution in [2.75, 3.05) is 18.5 Å². The van der Waals surface area contributed by atoms with Crippen molar-refractivity contribution in [3.05, 3.63) is 29.3 Å². The van der Waals surface area contributed by atoms with Gasteiger partial charge in [-0.2, -0.15) is 0 Å². The molecule has 0 aliphatic heterocycles. The molecule has 0 fully saturated rings. The molecule has 1 unspecified atom stereocenters. The monoisotopic (exact) mass is 237 g/mol. The van der Waals surface area contributed by atoms with E-state index in [1.165, 1.54) is 5.56 Å². The number of aryl methyl sites for hydroxylation is 1. The van der Waals surface area contributed by atoms with Gasteiger partial charge in [-0.1, -0.05) is 26.0 Å². The Bertz CT molecular complexity index is 350. The normalized spacial score (nSPS) is 12.8. The van der Waals surface area contributed by atoms with E-state index in [4.69, 9.17) is 5.11 Å². The lowest BCUT2D eigenvalue weighted by atomic mass is 10.00. The maximum absolute atomic E-state index is 9.21. The van der Waals surface area contributed by atoms with Gasteiger partial charge in [0.15, 0.2) is 0 Å². The Kier molecular flexibility index (Phi) is 5.45. The third kappa shape index (κ3) is 4.02. The fourth-order valence-electron chi connectivity index (χ4n) is 1.74. The van der Waals surface area contributed by atoms with E-state index in [1.807, 2.05) is 6.92 Å². The molecule has 1 aromatic carbocycles. The van der Waals surface area contributed by atoms with E-state index in [1.54, 1.807) is 0 Å². The summed E-state index contributed by atoms with van der Waals surface area (Å²) in [5.74, 6) is 0.488. The zero-order valence-corrected chi connectivity index (χ0v) is 10.9. The molecule has 0 saturated heterocycles. The fraction of sp³-hybridized carbons (Fsp3) is 0.571. The van der Waals surface area contributed by atoms with Gasteiger partial charge in [0.2, 0.25) is 0 Å². The third-order valence-electron chi connectivity index (χ3n) is 2.99. The number of rotatable bonds is 6. The standard InChI is InChI=1S/C14H23NO2/c1-10(2)12-5-4-11(3)14(8-12)15-13(9-17)6-7-16/h4-5,8,10,13,15-17H,6-7,9H2,1-3H3. The Balaban J connectivity index is 2.84. The molecule has 1 aromatic rings. The van der Waals surface area contributed by atoms with Gasteiger partial charge in [-0.25, -0.2) is 0 Å². The first kappa shape index (κ1) is 14.0. The van der Waals surface area contributed by atoms with E-state index in [2.05, 4.69) is 37.4 Å². The van der Waals surface area contributed by atoms with Crippen LogP contribution >= 0.6 is 0 Å². The van der Waals surface area contributed by atoms with Crippen molar-refractivity contribution in [2.45, 2.75) is 39.2 Å². The van der Waals surface area contributed by atoms with E-state index >= 15 is 0 Å². The van der Waals surface area contributed by atoms with Crippen molar-refractivity contribution in [3.63, 3.8) is 0 Å². The Labute approximate surface area is 103 Å². The molecule has 17 heavy (non-hydrogen) atoms. The number of benzene rings is 1. The summed E-state index contributed by atoms with van der Waals surface area (Å²) in [4.78, 5) is 0. The number of hydrogen-bond acceptors (Lipinski definition) is 3. The number of aliphatic hydroxyl groups is 2. The molecule has 0 heterocycles. The predicted octanol–water partition coefficient (Wildman–Crippen LogP) is 2.27. The van der Waals surface area contributed by atoms with E-state index in [9.17, 15) is 5.11 Å². The van der Waals surface area contributed by atoms with Crippen LogP contribution < -0.4 is 5.32 Å². The summed E-state index contributed by atoms with van der Waals surface area (Å²) in [6.45, 7) is 6.48. The highest BCUT2D eigenvalue weighted by molar-refractivity contribution is 5.53. The van der Waals surface area contributed by atoms with Crippen LogP contribution in [0.15, 0.2) is 18.2 Å². The maximum atomic E-state index is 9.21. The molecule has 3 heteroatoms. The number of anilines is 1. The van der Waals surface area contributed by atoms with Crippen molar-refractivity contribution in [2.24, 2.45) is 0 Å². The molecule has 0 saturated carbocycles. The summed E-state index contributed by atoms with van der Waals surface area (Å²) in [6.07, 6.45) is 0.557. The van der Waals surface area contributed by atoms with E-state index < -0.39 is 0 Å². The lowest BCUT2D eigenvalue weighted by Gasteiger charge is -2.19. The molecule has 0 aliphatic rings. The van der Waals surface area contributed by atoms with Crippen molar-refractivity contribution in [3.8, 4) is 0 Å². The summed E-state index contributed by atoms with van der Waals surface area (Å²) < 4.78 is 0. The van der Waals surface area contributed by atoms with Crippen LogP contribution in [0, 0.1) is 6.92 Å². The van der Waals surface area contributed by atoms with Gasteiger partial charge in [0.1, 0.15) is 0 Å². The van der Waals surface area contributed by atoms with Gasteiger partial charge >= 0.3 is 0 Å². The van der Waals surface area contributed by atoms with E-state index in [-0.39, 0.29) is 19.3 Å². The Hall–Kier alpha value is -1.06. The molecule has 1 rings (SSSR count). The van der Waals surface area contributed by atoms with Gasteiger partial charge in [-0.3, -0.25) is 0 Å². The fourth-order valence-corrected chi connectivity index (χ4v) is 1.74. The van der Waals surface area contributed by atoms with E-state index in [0.717, 1.165) is 11.3 Å². The van der Waals surface area contributed by atoms with Crippen molar-refractivity contribution >= 4 is 5.69 Å². The van der Waals surface area contributed by atoms with Crippen LogP contribution in [0.2, 0.25) is 0 Å². The minimum atomic E-state index is -0.0823. The number of nitrogens with one attached hydrogen (secondary N) is 1. The zero-order chi connectivity index (χ0) is 12.8. The molecule has 1 atom stereocenters. The third-order valence-corrected chi connectivity index (χ3v) is 2.99. The Morgan fingerprint density at radius 1 is 1.24 bits per heavy atom. The maximum Gasteiger partial charge on any atom is 0.0633 e. The topological polar surface area (TPSA) is 52.5 Å². The first-order valence-electron chi connectivity index (χ1n) is 6.17. The van der Waals surface area contributed by atoms with Gasteiger partial charge < -0.3 is 15.5 Å². The smallest absolute Gasteiger partial charge is 0.0633 e. The highest BCUT2D eigenvalue weighted by Crippen LogP contribution is 2.23. The number of hydrogen-bond donors (Lipinski definition) is 3. The molecular formula is C14H23NO2. The molecule has 96 valence electrons. The van der Waals surface area contributed by atoms with Crippen LogP contribution in [0.3, 0.4) is 0 Å². The van der Waals surface area contributed by atoms with Gasteiger partial charge in [0.25, 0.3) is 0 Å². The molecule has 3 nitrogen and oxygen atoms in total. The molecule has 0 amide bonds. The first-order valence-corrected chi connectivity index (χ1v) is 6.17. The van der Waals surface area contributed by atoms with Crippen molar-refractivity contribution < 1.29 is 10.2 Å². The summed E-state index contributed by atoms with van der Waals surface area (Å²) in [5, 5.41) is 21.4. The Morgan fingerprint density at radius 3 is 2.47 bits per heavy atom. The highest BCUT2D eigenvalue weighted by Gasteiger charge is 2.09. The largest absolute Gasteiger partial charge is 0.396 e. The van der Waals surface area contributed by atoms with Crippen LogP contribution in [0.4, 0.5) is 5.69 Å². The molecule has 3 N–H and O–H groups in total. The summed E-state index contributed by atoms with van der Waals surface area (Å²) in [7, 11) is 0. The lowest BCUT2D eigenvalue weighted by molar-refractivity contribution is 0.229. The lowest BCUT2D eigenvalue weighted by Crippen LogP contribution is -2.25. The summed E-state index contributed by atoms with van der Waals surface area (Å²) in [5.41, 5.74) is 3.48. The second-order valence-corrected chi connectivity index (χ2v) is 4.77. The number of aliphatic hydroxyl groups excluding tert-OH is 2. The van der Waals surface area contributed by atoms with Gasteiger partial charge in [-0.15, -0.1) is 0 Å². The summed E-state index contributed by atoms with van der Waals surface area (Å²) >= 11 is 0. The molecule has 0 aliphatic carbocycles. The van der Waals surface area contributed by atoms with Crippen LogP contribution in [0.25, 0.3) is 0 Å². The Morgan fingerprint density at radius 2 is 1.94 bits per heavy atom. The average Bonchev–Trinajstić information content (AvgIpc) is 2.30. The minimum Gasteiger partial charge on any atom is -0.396 e. The molecule has 0 radical (unpaired) electrons. The van der Waals surface area contributed by atoms with Crippen LogP contribution in [0.1, 0.15) is 37.3 Å². The molecule has 0 spiro atoms. The predicted molar refractivity (Wildman–Crippen MR) is 71.5 cm³/mol.